The van der Waals surface area contributed by atoms with Crippen LogP contribution in [0.2, 0.25) is 10.0 Å². The normalized spacial score (nSPS) is 12.2. The standard InChI is InChI=1S/C14H12Cl2IN3OS/c15-7-1-2-8(10(16)5-7)11-9(6-19)13(17)22-12(11)14(21)20-4-3-18/h1-2,5,14,20-21H,3-4,18H2. The molecule has 0 amide bonds. The highest BCUT2D eigenvalue weighted by Crippen LogP contribution is 2.42. The number of aliphatic hydroxyl groups is 1. The molecule has 4 nitrogen and oxygen atoms in total. The number of aliphatic hydroxyl groups excluding tert-OH is 1. The maximum atomic E-state index is 10.3. The van der Waals surface area contributed by atoms with Crippen LogP contribution in [-0.2, 0) is 0 Å². The molecule has 8 heteroatoms. The van der Waals surface area contributed by atoms with Crippen LogP contribution >= 0.6 is 57.1 Å². The van der Waals surface area contributed by atoms with Crippen LogP contribution in [0.5, 0.6) is 0 Å². The van der Waals surface area contributed by atoms with Gasteiger partial charge in [-0.2, -0.15) is 5.26 Å². The molecule has 0 aliphatic rings. The summed E-state index contributed by atoms with van der Waals surface area (Å²) < 4.78 is 0.796. The molecule has 2 aromatic rings. The molecular weight excluding hydrogens is 456 g/mol. The molecule has 1 aromatic heterocycles. The summed E-state index contributed by atoms with van der Waals surface area (Å²) in [6.45, 7) is 0.868. The highest BCUT2D eigenvalue weighted by atomic mass is 127. The van der Waals surface area contributed by atoms with Crippen LogP contribution in [0.15, 0.2) is 18.2 Å². The van der Waals surface area contributed by atoms with Crippen LogP contribution in [0, 0.1) is 14.2 Å². The van der Waals surface area contributed by atoms with Crippen LogP contribution in [0.1, 0.15) is 16.7 Å². The summed E-state index contributed by atoms with van der Waals surface area (Å²) in [5.41, 5.74) is 7.25. The predicted molar refractivity (Wildman–Crippen MR) is 99.2 cm³/mol. The van der Waals surface area contributed by atoms with Gasteiger partial charge in [0.15, 0.2) is 0 Å². The lowest BCUT2D eigenvalue weighted by atomic mass is 10.0. The van der Waals surface area contributed by atoms with E-state index in [0.29, 0.717) is 44.7 Å². The van der Waals surface area contributed by atoms with Crippen LogP contribution in [0.4, 0.5) is 0 Å². The zero-order valence-electron chi connectivity index (χ0n) is 11.2. The number of hydrogen-bond donors (Lipinski definition) is 3. The first-order chi connectivity index (χ1) is 10.5. The molecular formula is C14H12Cl2IN3OS. The number of halogens is 3. The summed E-state index contributed by atoms with van der Waals surface area (Å²) in [4.78, 5) is 0.638. The summed E-state index contributed by atoms with van der Waals surface area (Å²) in [7, 11) is 0. The summed E-state index contributed by atoms with van der Waals surface area (Å²) in [5.74, 6) is 0. The van der Waals surface area contributed by atoms with Gasteiger partial charge in [-0.05, 0) is 34.7 Å². The Morgan fingerprint density at radius 2 is 2.18 bits per heavy atom. The Morgan fingerprint density at radius 3 is 2.77 bits per heavy atom. The molecule has 0 bridgehead atoms. The molecule has 0 spiro atoms. The third kappa shape index (κ3) is 3.74. The van der Waals surface area contributed by atoms with Crippen molar-refractivity contribution < 1.29 is 5.11 Å². The predicted octanol–water partition coefficient (Wildman–Crippen LogP) is 3.74. The lowest BCUT2D eigenvalue weighted by Gasteiger charge is -2.14. The van der Waals surface area contributed by atoms with Crippen molar-refractivity contribution in [2.45, 2.75) is 6.23 Å². The third-order valence-electron chi connectivity index (χ3n) is 2.94. The Labute approximate surface area is 156 Å². The lowest BCUT2D eigenvalue weighted by molar-refractivity contribution is 0.145. The summed E-state index contributed by atoms with van der Waals surface area (Å²) in [6, 6.07) is 7.26. The van der Waals surface area contributed by atoms with Gasteiger partial charge in [0.25, 0.3) is 0 Å². The van der Waals surface area contributed by atoms with E-state index in [4.69, 9.17) is 28.9 Å². The van der Waals surface area contributed by atoms with Gasteiger partial charge < -0.3 is 10.8 Å². The zero-order chi connectivity index (χ0) is 16.3. The quantitative estimate of drug-likeness (QED) is 0.462. The average molecular weight is 468 g/mol. The lowest BCUT2D eigenvalue weighted by Crippen LogP contribution is -2.26. The minimum atomic E-state index is -0.911. The maximum Gasteiger partial charge on any atom is 0.141 e. The smallest absolute Gasteiger partial charge is 0.141 e. The molecule has 22 heavy (non-hydrogen) atoms. The molecule has 2 rings (SSSR count). The first kappa shape index (κ1) is 17.9. The molecule has 4 N–H and O–H groups in total. The molecule has 0 radical (unpaired) electrons. The minimum absolute atomic E-state index is 0.404. The molecule has 0 aliphatic carbocycles. The fourth-order valence-electron chi connectivity index (χ4n) is 1.98. The van der Waals surface area contributed by atoms with Gasteiger partial charge in [-0.3, -0.25) is 5.32 Å². The summed E-state index contributed by atoms with van der Waals surface area (Å²) >= 11 is 15.6. The van der Waals surface area contributed by atoms with Crippen molar-refractivity contribution in [1.29, 1.82) is 5.26 Å². The van der Waals surface area contributed by atoms with E-state index in [-0.39, 0.29) is 0 Å². The van der Waals surface area contributed by atoms with E-state index in [1.807, 2.05) is 0 Å². The van der Waals surface area contributed by atoms with Crippen molar-refractivity contribution in [2.75, 3.05) is 13.1 Å². The van der Waals surface area contributed by atoms with Crippen molar-refractivity contribution in [1.82, 2.24) is 5.32 Å². The number of benzene rings is 1. The SMILES string of the molecule is N#Cc1c(I)sc(C(O)NCCN)c1-c1ccc(Cl)cc1Cl. The van der Waals surface area contributed by atoms with E-state index in [1.54, 1.807) is 18.2 Å². The molecule has 0 aliphatic heterocycles. The van der Waals surface area contributed by atoms with Gasteiger partial charge >= 0.3 is 0 Å². The molecule has 1 atom stereocenters. The second-order valence-corrected chi connectivity index (χ2v) is 8.08. The highest BCUT2D eigenvalue weighted by Gasteiger charge is 2.24. The second kappa shape index (κ2) is 7.93. The van der Waals surface area contributed by atoms with E-state index in [0.717, 1.165) is 2.88 Å². The number of hydrogen-bond acceptors (Lipinski definition) is 5. The maximum absolute atomic E-state index is 10.3. The Kier molecular flexibility index (Phi) is 6.46. The van der Waals surface area contributed by atoms with Gasteiger partial charge in [0.1, 0.15) is 12.3 Å². The number of thiophene rings is 1. The second-order valence-electron chi connectivity index (χ2n) is 4.37. The third-order valence-corrected chi connectivity index (χ3v) is 5.71. The molecule has 0 saturated carbocycles. The first-order valence-corrected chi connectivity index (χ1v) is 8.94. The summed E-state index contributed by atoms with van der Waals surface area (Å²) in [5, 5.41) is 23.6. The Bertz CT molecular complexity index is 730. The van der Waals surface area contributed by atoms with Crippen molar-refractivity contribution in [3.8, 4) is 17.2 Å². The van der Waals surface area contributed by atoms with Gasteiger partial charge in [-0.15, -0.1) is 11.3 Å². The number of nitrogens with one attached hydrogen (secondary N) is 1. The van der Waals surface area contributed by atoms with E-state index in [2.05, 4.69) is 34.0 Å². The fraction of sp³-hybridized carbons (Fsp3) is 0.214. The number of nitrogens with two attached hydrogens (primary N) is 1. The molecule has 1 aromatic carbocycles. The number of nitriles is 1. The van der Waals surface area contributed by atoms with Crippen LogP contribution in [-0.4, -0.2) is 18.2 Å². The van der Waals surface area contributed by atoms with Crippen molar-refractivity contribution in [3.63, 3.8) is 0 Å². The van der Waals surface area contributed by atoms with Crippen molar-refractivity contribution >= 4 is 57.1 Å². The molecule has 0 fully saturated rings. The van der Waals surface area contributed by atoms with E-state index in [9.17, 15) is 10.4 Å². The Balaban J connectivity index is 2.60. The van der Waals surface area contributed by atoms with Gasteiger partial charge in [-0.25, -0.2) is 0 Å². The van der Waals surface area contributed by atoms with Crippen molar-refractivity contribution in [2.24, 2.45) is 5.73 Å². The van der Waals surface area contributed by atoms with Crippen LogP contribution < -0.4 is 11.1 Å². The largest absolute Gasteiger partial charge is 0.373 e. The monoisotopic (exact) mass is 467 g/mol. The van der Waals surface area contributed by atoms with E-state index in [1.165, 1.54) is 11.3 Å². The average Bonchev–Trinajstić information content (AvgIpc) is 2.81. The number of rotatable bonds is 5. The first-order valence-electron chi connectivity index (χ1n) is 6.28. The molecule has 1 heterocycles. The topological polar surface area (TPSA) is 82.1 Å². The highest BCUT2D eigenvalue weighted by molar-refractivity contribution is 14.1. The van der Waals surface area contributed by atoms with Gasteiger partial charge in [0.2, 0.25) is 0 Å². The molecule has 116 valence electrons. The van der Waals surface area contributed by atoms with Gasteiger partial charge in [0.05, 0.1) is 13.3 Å². The Morgan fingerprint density at radius 1 is 1.45 bits per heavy atom. The summed E-state index contributed by atoms with van der Waals surface area (Å²) in [6.07, 6.45) is -0.911. The number of nitrogens with zero attached hydrogens (tertiary/aromatic N) is 1. The van der Waals surface area contributed by atoms with E-state index >= 15 is 0 Å². The van der Waals surface area contributed by atoms with Crippen LogP contribution in [0.25, 0.3) is 11.1 Å². The van der Waals surface area contributed by atoms with Crippen LogP contribution in [0.3, 0.4) is 0 Å². The van der Waals surface area contributed by atoms with E-state index < -0.39 is 6.23 Å². The molecule has 0 saturated heterocycles. The molecule has 1 unspecified atom stereocenters. The zero-order valence-corrected chi connectivity index (χ0v) is 15.7. The Hall–Kier alpha value is -0.400. The van der Waals surface area contributed by atoms with Gasteiger partial charge in [0, 0.05) is 34.3 Å². The van der Waals surface area contributed by atoms with Crippen molar-refractivity contribution in [3.05, 3.63) is 41.6 Å². The minimum Gasteiger partial charge on any atom is -0.373 e. The van der Waals surface area contributed by atoms with Gasteiger partial charge in [-0.1, -0.05) is 29.3 Å². The fourth-order valence-corrected chi connectivity index (χ4v) is 4.54.